The van der Waals surface area contributed by atoms with E-state index in [1.165, 1.54) is 18.2 Å². The second-order valence-electron chi connectivity index (χ2n) is 4.38. The number of carbonyl (C=O) groups is 1. The van der Waals surface area contributed by atoms with Crippen LogP contribution >= 0.6 is 0 Å². The third kappa shape index (κ3) is 2.81. The summed E-state index contributed by atoms with van der Waals surface area (Å²) in [6, 6.07) is 5.35. The van der Waals surface area contributed by atoms with Gasteiger partial charge in [-0.2, -0.15) is 13.2 Å². The smallest absolute Gasteiger partial charge is 0.295 e. The van der Waals surface area contributed by atoms with Crippen LogP contribution in [0.15, 0.2) is 29.8 Å². The van der Waals surface area contributed by atoms with Gasteiger partial charge in [-0.25, -0.2) is 0 Å². The van der Waals surface area contributed by atoms with Crippen molar-refractivity contribution in [3.8, 4) is 0 Å². The highest BCUT2D eigenvalue weighted by molar-refractivity contribution is 6.00. The number of halogens is 3. The minimum atomic E-state index is -4.38. The first-order valence-corrected chi connectivity index (χ1v) is 5.88. The molecule has 1 aromatic carbocycles. The molecule has 0 unspecified atom stereocenters. The van der Waals surface area contributed by atoms with Crippen LogP contribution in [-0.4, -0.2) is 5.78 Å². The first-order valence-electron chi connectivity index (χ1n) is 5.88. The molecule has 4 heteroatoms. The molecule has 0 radical (unpaired) electrons. The van der Waals surface area contributed by atoms with Gasteiger partial charge in [0.15, 0.2) is 5.78 Å². The Morgan fingerprint density at radius 3 is 2.39 bits per heavy atom. The number of rotatable bonds is 1. The van der Waals surface area contributed by atoms with Gasteiger partial charge in [-0.05, 0) is 42.5 Å². The Hall–Kier alpha value is -1.58. The van der Waals surface area contributed by atoms with Crippen molar-refractivity contribution in [2.75, 3.05) is 0 Å². The lowest BCUT2D eigenvalue weighted by Gasteiger charge is -2.14. The zero-order chi connectivity index (χ0) is 13.2. The Morgan fingerprint density at radius 1 is 1.06 bits per heavy atom. The molecule has 1 nitrogen and oxygen atoms in total. The fourth-order valence-electron chi connectivity index (χ4n) is 2.12. The van der Waals surface area contributed by atoms with E-state index in [2.05, 4.69) is 0 Å². The van der Waals surface area contributed by atoms with E-state index in [1.54, 1.807) is 6.07 Å². The maximum absolute atomic E-state index is 12.8. The first kappa shape index (κ1) is 12.9. The second kappa shape index (κ2) is 4.96. The minimum Gasteiger partial charge on any atom is -0.295 e. The molecule has 0 spiro atoms. The number of hydrogen-bond donors (Lipinski definition) is 0. The molecule has 0 N–H and O–H groups in total. The lowest BCUT2D eigenvalue weighted by atomic mass is 9.91. The van der Waals surface area contributed by atoms with Crippen LogP contribution < -0.4 is 0 Å². The van der Waals surface area contributed by atoms with Gasteiger partial charge in [0.05, 0.1) is 5.56 Å². The summed E-state index contributed by atoms with van der Waals surface area (Å²) in [5, 5.41) is 0. The molecule has 0 amide bonds. The third-order valence-corrected chi connectivity index (χ3v) is 3.05. The first-order chi connectivity index (χ1) is 8.48. The van der Waals surface area contributed by atoms with Crippen molar-refractivity contribution in [3.05, 3.63) is 41.0 Å². The van der Waals surface area contributed by atoms with E-state index < -0.39 is 11.7 Å². The van der Waals surface area contributed by atoms with Gasteiger partial charge in [0.25, 0.3) is 0 Å². The van der Waals surface area contributed by atoms with Gasteiger partial charge >= 0.3 is 6.18 Å². The number of ketones is 1. The van der Waals surface area contributed by atoms with E-state index in [9.17, 15) is 18.0 Å². The number of Topliss-reactive ketones (excluding diaryl/α,β-unsaturated/α-hetero) is 1. The van der Waals surface area contributed by atoms with Crippen LogP contribution in [0.2, 0.25) is 0 Å². The van der Waals surface area contributed by atoms with Gasteiger partial charge in [0, 0.05) is 6.42 Å². The van der Waals surface area contributed by atoms with E-state index in [4.69, 9.17) is 0 Å². The lowest BCUT2D eigenvalue weighted by Crippen LogP contribution is -2.10. The van der Waals surface area contributed by atoms with Crippen molar-refractivity contribution < 1.29 is 18.0 Å². The molecule has 0 aromatic heterocycles. The zero-order valence-electron chi connectivity index (χ0n) is 9.76. The largest absolute Gasteiger partial charge is 0.416 e. The highest BCUT2D eigenvalue weighted by Crippen LogP contribution is 2.33. The molecule has 1 aliphatic carbocycles. The van der Waals surface area contributed by atoms with E-state index >= 15 is 0 Å². The molecule has 0 aliphatic heterocycles. The molecule has 2 rings (SSSR count). The van der Waals surface area contributed by atoms with Gasteiger partial charge in [0.2, 0.25) is 0 Å². The minimum absolute atomic E-state index is 0.0294. The molecule has 0 heterocycles. The van der Waals surface area contributed by atoms with Gasteiger partial charge in [-0.3, -0.25) is 4.79 Å². The highest BCUT2D eigenvalue weighted by atomic mass is 19.4. The van der Waals surface area contributed by atoms with Gasteiger partial charge in [-0.15, -0.1) is 0 Å². The SMILES string of the molecule is O=C1CCCC/C1=C\c1ccccc1C(F)(F)F. The van der Waals surface area contributed by atoms with Crippen LogP contribution in [0.3, 0.4) is 0 Å². The molecule has 0 saturated heterocycles. The Bertz CT molecular complexity index is 486. The molecule has 96 valence electrons. The summed E-state index contributed by atoms with van der Waals surface area (Å²) in [4.78, 5) is 11.6. The Kier molecular flexibility index (Phi) is 3.55. The molecule has 1 aliphatic rings. The standard InChI is InChI=1S/C14H13F3O/c15-14(16,17)12-7-3-1-5-10(12)9-11-6-2-4-8-13(11)18/h1,3,5,7,9H,2,4,6,8H2/b11-9+. The van der Waals surface area contributed by atoms with E-state index in [0.29, 0.717) is 18.4 Å². The highest BCUT2D eigenvalue weighted by Gasteiger charge is 2.32. The van der Waals surface area contributed by atoms with Gasteiger partial charge in [0.1, 0.15) is 0 Å². The van der Waals surface area contributed by atoms with Crippen LogP contribution in [0.5, 0.6) is 0 Å². The average molecular weight is 254 g/mol. The summed E-state index contributed by atoms with van der Waals surface area (Å²) >= 11 is 0. The molecule has 1 saturated carbocycles. The van der Waals surface area contributed by atoms with Crippen molar-refractivity contribution in [2.24, 2.45) is 0 Å². The summed E-state index contributed by atoms with van der Waals surface area (Å²) in [5.74, 6) is -0.0294. The van der Waals surface area contributed by atoms with Crippen LogP contribution in [0.1, 0.15) is 36.8 Å². The maximum Gasteiger partial charge on any atom is 0.416 e. The quantitative estimate of drug-likeness (QED) is 0.685. The summed E-state index contributed by atoms with van der Waals surface area (Å²) in [7, 11) is 0. The normalized spacial score (nSPS) is 19.3. The van der Waals surface area contributed by atoms with Crippen molar-refractivity contribution in [1.29, 1.82) is 0 Å². The summed E-state index contributed by atoms with van der Waals surface area (Å²) in [6.07, 6.45) is -0.274. The van der Waals surface area contributed by atoms with E-state index in [1.807, 2.05) is 0 Å². The number of benzene rings is 1. The van der Waals surface area contributed by atoms with Crippen LogP contribution in [-0.2, 0) is 11.0 Å². The zero-order valence-corrected chi connectivity index (χ0v) is 9.76. The Morgan fingerprint density at radius 2 is 1.72 bits per heavy atom. The third-order valence-electron chi connectivity index (χ3n) is 3.05. The average Bonchev–Trinajstić information content (AvgIpc) is 2.31. The number of allylic oxidation sites excluding steroid dienone is 1. The topological polar surface area (TPSA) is 17.1 Å². The molecule has 1 aromatic rings. The van der Waals surface area contributed by atoms with Crippen molar-refractivity contribution in [1.82, 2.24) is 0 Å². The predicted octanol–water partition coefficient (Wildman–Crippen LogP) is 4.23. The summed E-state index contributed by atoms with van der Waals surface area (Å²) in [6.45, 7) is 0. The van der Waals surface area contributed by atoms with E-state index in [0.717, 1.165) is 18.9 Å². The monoisotopic (exact) mass is 254 g/mol. The molecular formula is C14H13F3O. The van der Waals surface area contributed by atoms with Crippen LogP contribution in [0, 0.1) is 0 Å². The fourth-order valence-corrected chi connectivity index (χ4v) is 2.12. The summed E-state index contributed by atoms with van der Waals surface area (Å²) in [5.41, 5.74) is -0.0935. The molecule has 0 atom stereocenters. The molecule has 0 bridgehead atoms. The van der Waals surface area contributed by atoms with Crippen molar-refractivity contribution >= 4 is 11.9 Å². The summed E-state index contributed by atoms with van der Waals surface area (Å²) < 4.78 is 38.4. The predicted molar refractivity (Wildman–Crippen MR) is 62.9 cm³/mol. The molecular weight excluding hydrogens is 241 g/mol. The van der Waals surface area contributed by atoms with Crippen LogP contribution in [0.25, 0.3) is 6.08 Å². The molecule has 1 fully saturated rings. The molecule has 18 heavy (non-hydrogen) atoms. The Labute approximate surface area is 103 Å². The van der Waals surface area contributed by atoms with Crippen LogP contribution in [0.4, 0.5) is 13.2 Å². The number of carbonyl (C=O) groups excluding carboxylic acids is 1. The Balaban J connectivity index is 2.39. The van der Waals surface area contributed by atoms with Gasteiger partial charge in [-0.1, -0.05) is 18.2 Å². The van der Waals surface area contributed by atoms with Crippen molar-refractivity contribution in [2.45, 2.75) is 31.9 Å². The van der Waals surface area contributed by atoms with E-state index in [-0.39, 0.29) is 11.3 Å². The number of alkyl halides is 3. The fraction of sp³-hybridized carbons (Fsp3) is 0.357. The van der Waals surface area contributed by atoms with Gasteiger partial charge < -0.3 is 0 Å². The lowest BCUT2D eigenvalue weighted by molar-refractivity contribution is -0.137. The number of hydrogen-bond acceptors (Lipinski definition) is 1. The maximum atomic E-state index is 12.8. The second-order valence-corrected chi connectivity index (χ2v) is 4.38. The van der Waals surface area contributed by atoms with Crippen molar-refractivity contribution in [3.63, 3.8) is 0 Å².